The van der Waals surface area contributed by atoms with E-state index in [-0.39, 0.29) is 23.8 Å². The third kappa shape index (κ3) is 2.93. The van der Waals surface area contributed by atoms with Gasteiger partial charge in [0.2, 0.25) is 11.8 Å². The van der Waals surface area contributed by atoms with Crippen LogP contribution in [0.4, 0.5) is 5.69 Å². The molecule has 1 aromatic carbocycles. The molecule has 1 aliphatic carbocycles. The number of nitrogens with one attached hydrogen (secondary N) is 1. The highest BCUT2D eigenvalue weighted by Crippen LogP contribution is 2.32. The lowest BCUT2D eigenvalue weighted by Gasteiger charge is -2.31. The van der Waals surface area contributed by atoms with Crippen LogP contribution in [0.2, 0.25) is 0 Å². The zero-order valence-electron chi connectivity index (χ0n) is 12.2. The highest BCUT2D eigenvalue weighted by molar-refractivity contribution is 7.99. The summed E-state index contributed by atoms with van der Waals surface area (Å²) in [7, 11) is 0. The summed E-state index contributed by atoms with van der Waals surface area (Å²) in [4.78, 5) is 26.7. The van der Waals surface area contributed by atoms with Crippen LogP contribution >= 0.6 is 11.8 Å². The van der Waals surface area contributed by atoms with Crippen molar-refractivity contribution in [2.45, 2.75) is 32.2 Å². The van der Waals surface area contributed by atoms with Crippen molar-refractivity contribution >= 4 is 29.3 Å². The quantitative estimate of drug-likeness (QED) is 0.934. The van der Waals surface area contributed by atoms with Crippen molar-refractivity contribution in [3.05, 3.63) is 29.8 Å². The lowest BCUT2D eigenvalue weighted by Crippen LogP contribution is -2.47. The van der Waals surface area contributed by atoms with Crippen molar-refractivity contribution in [2.24, 2.45) is 5.92 Å². The Hall–Kier alpha value is -1.49. The Balaban J connectivity index is 1.68. The molecular weight excluding hydrogens is 284 g/mol. The first-order chi connectivity index (χ1) is 10.2. The van der Waals surface area contributed by atoms with Gasteiger partial charge in [0.25, 0.3) is 0 Å². The van der Waals surface area contributed by atoms with Gasteiger partial charge >= 0.3 is 0 Å². The van der Waals surface area contributed by atoms with Gasteiger partial charge in [0, 0.05) is 17.4 Å². The summed E-state index contributed by atoms with van der Waals surface area (Å²) in [5.41, 5.74) is 1.86. The third-order valence-corrected chi connectivity index (χ3v) is 5.34. The Labute approximate surface area is 129 Å². The maximum atomic E-state index is 12.5. The third-order valence-electron chi connectivity index (χ3n) is 4.33. The molecule has 0 aromatic heterocycles. The molecule has 1 saturated heterocycles. The van der Waals surface area contributed by atoms with Gasteiger partial charge in [0.1, 0.15) is 6.04 Å². The SMILES string of the molecule is Cc1ccccc1NC(=O)[C@@H]1CSCN1C(=O)C1CCC1. The van der Waals surface area contributed by atoms with Crippen LogP contribution in [0.1, 0.15) is 24.8 Å². The zero-order valence-corrected chi connectivity index (χ0v) is 13.0. The van der Waals surface area contributed by atoms with Crippen molar-refractivity contribution in [1.29, 1.82) is 0 Å². The van der Waals surface area contributed by atoms with Crippen LogP contribution in [-0.2, 0) is 9.59 Å². The molecule has 3 rings (SSSR count). The fourth-order valence-corrected chi connectivity index (χ4v) is 3.86. The molecule has 2 aliphatic rings. The summed E-state index contributed by atoms with van der Waals surface area (Å²) in [6, 6.07) is 7.39. The highest BCUT2D eigenvalue weighted by atomic mass is 32.2. The molecule has 1 heterocycles. The maximum absolute atomic E-state index is 12.5. The van der Waals surface area contributed by atoms with Crippen molar-refractivity contribution < 1.29 is 9.59 Å². The van der Waals surface area contributed by atoms with Crippen LogP contribution in [0.5, 0.6) is 0 Å². The van der Waals surface area contributed by atoms with Crippen LogP contribution in [0, 0.1) is 12.8 Å². The number of amides is 2. The largest absolute Gasteiger partial charge is 0.324 e. The molecule has 112 valence electrons. The molecule has 2 fully saturated rings. The second-order valence-electron chi connectivity index (χ2n) is 5.76. The molecule has 1 aromatic rings. The van der Waals surface area contributed by atoms with E-state index in [4.69, 9.17) is 0 Å². The number of rotatable bonds is 3. The Kier molecular flexibility index (Phi) is 4.19. The second kappa shape index (κ2) is 6.10. The van der Waals surface area contributed by atoms with Gasteiger partial charge in [-0.2, -0.15) is 0 Å². The smallest absolute Gasteiger partial charge is 0.248 e. The first-order valence-corrected chi connectivity index (χ1v) is 8.57. The van der Waals surface area contributed by atoms with Crippen molar-refractivity contribution in [3.8, 4) is 0 Å². The minimum absolute atomic E-state index is 0.0676. The standard InChI is InChI=1S/C16H20N2O2S/c1-11-5-2-3-8-13(11)17-15(19)14-9-21-10-18(14)16(20)12-6-4-7-12/h2-3,5,8,12,14H,4,6-7,9-10H2,1H3,(H,17,19)/t14-/m0/s1. The second-order valence-corrected chi connectivity index (χ2v) is 6.76. The average Bonchev–Trinajstić information content (AvgIpc) is 2.88. The molecule has 4 nitrogen and oxygen atoms in total. The van der Waals surface area contributed by atoms with Gasteiger partial charge in [-0.25, -0.2) is 0 Å². The van der Waals surface area contributed by atoms with Crippen LogP contribution in [0.15, 0.2) is 24.3 Å². The molecular formula is C16H20N2O2S. The summed E-state index contributed by atoms with van der Waals surface area (Å²) in [5, 5.41) is 2.97. The van der Waals surface area contributed by atoms with Crippen molar-refractivity contribution in [1.82, 2.24) is 4.90 Å². The number of carbonyl (C=O) groups is 2. The summed E-state index contributed by atoms with van der Waals surface area (Å²) in [5.74, 6) is 1.58. The lowest BCUT2D eigenvalue weighted by molar-refractivity contribution is -0.141. The van der Waals surface area contributed by atoms with Gasteiger partial charge in [-0.05, 0) is 31.4 Å². The molecule has 1 saturated carbocycles. The van der Waals surface area contributed by atoms with Gasteiger partial charge in [0.15, 0.2) is 0 Å². The topological polar surface area (TPSA) is 49.4 Å². The van der Waals surface area contributed by atoms with Gasteiger partial charge in [-0.15, -0.1) is 11.8 Å². The first kappa shape index (κ1) is 14.4. The van der Waals surface area contributed by atoms with E-state index >= 15 is 0 Å². The molecule has 1 atom stereocenters. The number of aryl methyl sites for hydroxylation is 1. The Morgan fingerprint density at radius 2 is 2.05 bits per heavy atom. The molecule has 0 bridgehead atoms. The average molecular weight is 304 g/mol. The van der Waals surface area contributed by atoms with E-state index in [1.807, 2.05) is 31.2 Å². The number of anilines is 1. The number of hydrogen-bond donors (Lipinski definition) is 1. The molecule has 5 heteroatoms. The maximum Gasteiger partial charge on any atom is 0.248 e. The van der Waals surface area contributed by atoms with E-state index in [1.165, 1.54) is 0 Å². The molecule has 2 amide bonds. The van der Waals surface area contributed by atoms with E-state index < -0.39 is 0 Å². The number of hydrogen-bond acceptors (Lipinski definition) is 3. The van der Waals surface area contributed by atoms with E-state index in [1.54, 1.807) is 16.7 Å². The molecule has 0 unspecified atom stereocenters. The molecule has 0 radical (unpaired) electrons. The molecule has 21 heavy (non-hydrogen) atoms. The van der Waals surface area contributed by atoms with Crippen LogP contribution in [-0.4, -0.2) is 34.4 Å². The van der Waals surface area contributed by atoms with Gasteiger partial charge < -0.3 is 10.2 Å². The number of benzene rings is 1. The van der Waals surface area contributed by atoms with Crippen molar-refractivity contribution in [2.75, 3.05) is 16.9 Å². The van der Waals surface area contributed by atoms with Gasteiger partial charge in [0.05, 0.1) is 5.88 Å². The Morgan fingerprint density at radius 3 is 2.71 bits per heavy atom. The molecule has 1 aliphatic heterocycles. The number of nitrogens with zero attached hydrogens (tertiary/aromatic N) is 1. The van der Waals surface area contributed by atoms with Gasteiger partial charge in [-0.3, -0.25) is 9.59 Å². The summed E-state index contributed by atoms with van der Waals surface area (Å²) < 4.78 is 0. The predicted octanol–water partition coefficient (Wildman–Crippen LogP) is 2.64. The number of carbonyl (C=O) groups excluding carboxylic acids is 2. The Morgan fingerprint density at radius 1 is 1.29 bits per heavy atom. The highest BCUT2D eigenvalue weighted by Gasteiger charge is 2.39. The fourth-order valence-electron chi connectivity index (χ4n) is 2.70. The number of thioether (sulfide) groups is 1. The summed E-state index contributed by atoms with van der Waals surface area (Å²) in [6.45, 7) is 1.97. The van der Waals surface area contributed by atoms with Crippen molar-refractivity contribution in [3.63, 3.8) is 0 Å². The van der Waals surface area contributed by atoms with E-state index in [2.05, 4.69) is 5.32 Å². The first-order valence-electron chi connectivity index (χ1n) is 7.41. The van der Waals surface area contributed by atoms with Crippen LogP contribution < -0.4 is 5.32 Å². The fraction of sp³-hybridized carbons (Fsp3) is 0.500. The van der Waals surface area contributed by atoms with Crippen LogP contribution in [0.25, 0.3) is 0 Å². The van der Waals surface area contributed by atoms with Gasteiger partial charge in [-0.1, -0.05) is 24.6 Å². The van der Waals surface area contributed by atoms with Crippen LogP contribution in [0.3, 0.4) is 0 Å². The molecule has 1 N–H and O–H groups in total. The number of para-hydroxylation sites is 1. The Bertz CT molecular complexity index is 557. The van der Waals surface area contributed by atoms with E-state index in [0.717, 1.165) is 30.5 Å². The monoisotopic (exact) mass is 304 g/mol. The minimum atomic E-state index is -0.331. The zero-order chi connectivity index (χ0) is 14.8. The van der Waals surface area contributed by atoms with E-state index in [9.17, 15) is 9.59 Å². The van der Waals surface area contributed by atoms with E-state index in [0.29, 0.717) is 11.6 Å². The normalized spacial score (nSPS) is 22.0. The lowest BCUT2D eigenvalue weighted by atomic mass is 9.84. The minimum Gasteiger partial charge on any atom is -0.324 e. The summed E-state index contributed by atoms with van der Waals surface area (Å²) in [6.07, 6.45) is 3.09. The summed E-state index contributed by atoms with van der Waals surface area (Å²) >= 11 is 1.66. The molecule has 0 spiro atoms. The predicted molar refractivity (Wildman–Crippen MR) is 85.1 cm³/mol.